The van der Waals surface area contributed by atoms with Gasteiger partial charge in [-0.1, -0.05) is 0 Å². The van der Waals surface area contributed by atoms with Gasteiger partial charge in [-0.2, -0.15) is 0 Å². The fraction of sp³-hybridized carbons (Fsp3) is 0.429. The summed E-state index contributed by atoms with van der Waals surface area (Å²) in [6, 6.07) is 1.82. The van der Waals surface area contributed by atoms with Gasteiger partial charge in [-0.25, -0.2) is 4.79 Å². The smallest absolute Gasteiger partial charge is 0.331 e. The van der Waals surface area contributed by atoms with Crippen LogP contribution in [0.5, 0.6) is 5.75 Å². The van der Waals surface area contributed by atoms with Gasteiger partial charge in [-0.3, -0.25) is 4.98 Å². The SMILES string of the molecule is CCOc1cncc(/C=C/C(=O)OC(C)(C)C)c1. The second kappa shape index (κ2) is 6.19. The number of carbonyl (C=O) groups excluding carboxylic acids is 1. The van der Waals surface area contributed by atoms with Gasteiger partial charge in [0.25, 0.3) is 0 Å². The van der Waals surface area contributed by atoms with E-state index in [1.54, 1.807) is 18.5 Å². The maximum Gasteiger partial charge on any atom is 0.331 e. The summed E-state index contributed by atoms with van der Waals surface area (Å²) in [5.41, 5.74) is 0.319. The van der Waals surface area contributed by atoms with Crippen LogP contribution in [0.3, 0.4) is 0 Å². The van der Waals surface area contributed by atoms with Gasteiger partial charge in [0.15, 0.2) is 0 Å². The Labute approximate surface area is 108 Å². The lowest BCUT2D eigenvalue weighted by Gasteiger charge is -2.17. The summed E-state index contributed by atoms with van der Waals surface area (Å²) in [5.74, 6) is 0.313. The molecule has 0 aliphatic carbocycles. The Balaban J connectivity index is 2.66. The summed E-state index contributed by atoms with van der Waals surface area (Å²) in [5, 5.41) is 0. The summed E-state index contributed by atoms with van der Waals surface area (Å²) in [6.45, 7) is 7.98. The molecule has 1 heterocycles. The molecular weight excluding hydrogens is 230 g/mol. The van der Waals surface area contributed by atoms with E-state index in [0.717, 1.165) is 5.56 Å². The Morgan fingerprint density at radius 2 is 2.11 bits per heavy atom. The van der Waals surface area contributed by atoms with Crippen LogP contribution in [0.1, 0.15) is 33.3 Å². The molecule has 0 amide bonds. The van der Waals surface area contributed by atoms with Gasteiger partial charge in [-0.05, 0) is 45.4 Å². The normalized spacial score (nSPS) is 11.6. The molecule has 0 spiro atoms. The van der Waals surface area contributed by atoms with E-state index in [-0.39, 0.29) is 5.97 Å². The van der Waals surface area contributed by atoms with Crippen LogP contribution in [-0.2, 0) is 9.53 Å². The molecule has 1 rings (SSSR count). The third-order valence-corrected chi connectivity index (χ3v) is 1.86. The number of ether oxygens (including phenoxy) is 2. The first-order valence-electron chi connectivity index (χ1n) is 5.89. The summed E-state index contributed by atoms with van der Waals surface area (Å²) < 4.78 is 10.5. The number of carbonyl (C=O) groups is 1. The van der Waals surface area contributed by atoms with Gasteiger partial charge in [0.1, 0.15) is 11.4 Å². The van der Waals surface area contributed by atoms with Crippen LogP contribution in [0.2, 0.25) is 0 Å². The van der Waals surface area contributed by atoms with E-state index in [2.05, 4.69) is 4.98 Å². The molecular formula is C14H19NO3. The highest BCUT2D eigenvalue weighted by molar-refractivity contribution is 5.87. The van der Waals surface area contributed by atoms with Crippen molar-refractivity contribution in [2.45, 2.75) is 33.3 Å². The maximum atomic E-state index is 11.5. The number of aromatic nitrogens is 1. The molecule has 0 N–H and O–H groups in total. The van der Waals surface area contributed by atoms with Gasteiger partial charge < -0.3 is 9.47 Å². The van der Waals surface area contributed by atoms with E-state index in [1.807, 2.05) is 33.8 Å². The summed E-state index contributed by atoms with van der Waals surface area (Å²) >= 11 is 0. The highest BCUT2D eigenvalue weighted by Gasteiger charge is 2.13. The van der Waals surface area contributed by atoms with Crippen molar-refractivity contribution in [1.29, 1.82) is 0 Å². The minimum Gasteiger partial charge on any atom is -0.492 e. The molecule has 1 aromatic heterocycles. The van der Waals surface area contributed by atoms with Crippen LogP contribution in [0.4, 0.5) is 0 Å². The first-order chi connectivity index (χ1) is 8.40. The molecule has 18 heavy (non-hydrogen) atoms. The topological polar surface area (TPSA) is 48.4 Å². The molecule has 0 unspecified atom stereocenters. The van der Waals surface area contributed by atoms with Crippen molar-refractivity contribution in [2.75, 3.05) is 6.61 Å². The van der Waals surface area contributed by atoms with Crippen molar-refractivity contribution in [1.82, 2.24) is 4.98 Å². The minimum absolute atomic E-state index is 0.371. The number of nitrogens with zero attached hydrogens (tertiary/aromatic N) is 1. The molecule has 4 heteroatoms. The van der Waals surface area contributed by atoms with E-state index in [4.69, 9.17) is 9.47 Å². The van der Waals surface area contributed by atoms with Crippen LogP contribution in [-0.4, -0.2) is 23.2 Å². The van der Waals surface area contributed by atoms with Crippen molar-refractivity contribution < 1.29 is 14.3 Å². The summed E-state index contributed by atoms with van der Waals surface area (Å²) in [7, 11) is 0. The first-order valence-corrected chi connectivity index (χ1v) is 5.89. The van der Waals surface area contributed by atoms with Crippen molar-refractivity contribution in [3.63, 3.8) is 0 Å². The zero-order valence-corrected chi connectivity index (χ0v) is 11.3. The molecule has 0 fully saturated rings. The molecule has 0 aliphatic rings. The molecule has 0 aromatic carbocycles. The highest BCUT2D eigenvalue weighted by Crippen LogP contribution is 2.13. The molecule has 0 aliphatic heterocycles. The zero-order valence-electron chi connectivity index (χ0n) is 11.3. The standard InChI is InChI=1S/C14H19NO3/c1-5-17-12-8-11(9-15-10-12)6-7-13(16)18-14(2,3)4/h6-10H,5H2,1-4H3/b7-6+. The zero-order chi connectivity index (χ0) is 13.6. The second-order valence-electron chi connectivity index (χ2n) is 4.75. The number of hydrogen-bond acceptors (Lipinski definition) is 4. The third kappa shape index (κ3) is 5.48. The van der Waals surface area contributed by atoms with Gasteiger partial charge >= 0.3 is 5.97 Å². The van der Waals surface area contributed by atoms with E-state index in [9.17, 15) is 4.79 Å². The van der Waals surface area contributed by atoms with E-state index >= 15 is 0 Å². The quantitative estimate of drug-likeness (QED) is 0.608. The third-order valence-electron chi connectivity index (χ3n) is 1.86. The Morgan fingerprint density at radius 1 is 1.39 bits per heavy atom. The highest BCUT2D eigenvalue weighted by atomic mass is 16.6. The monoisotopic (exact) mass is 249 g/mol. The lowest BCUT2D eigenvalue weighted by Crippen LogP contribution is -2.22. The van der Waals surface area contributed by atoms with Crippen molar-refractivity contribution in [2.24, 2.45) is 0 Å². The van der Waals surface area contributed by atoms with E-state index in [0.29, 0.717) is 12.4 Å². The lowest BCUT2D eigenvalue weighted by atomic mass is 10.2. The van der Waals surface area contributed by atoms with Crippen LogP contribution in [0.25, 0.3) is 6.08 Å². The molecule has 0 radical (unpaired) electrons. The van der Waals surface area contributed by atoms with Gasteiger partial charge in [0, 0.05) is 12.3 Å². The van der Waals surface area contributed by atoms with Crippen molar-refractivity contribution in [3.05, 3.63) is 30.1 Å². The Kier molecular flexibility index (Phi) is 4.89. The van der Waals surface area contributed by atoms with Crippen LogP contribution >= 0.6 is 0 Å². The van der Waals surface area contributed by atoms with Crippen LogP contribution in [0.15, 0.2) is 24.5 Å². The molecule has 0 saturated carbocycles. The van der Waals surface area contributed by atoms with E-state index in [1.165, 1.54) is 6.08 Å². The molecule has 0 bridgehead atoms. The average Bonchev–Trinajstić information content (AvgIpc) is 2.25. The maximum absolute atomic E-state index is 11.5. The minimum atomic E-state index is -0.479. The lowest BCUT2D eigenvalue weighted by molar-refractivity contribution is -0.148. The largest absolute Gasteiger partial charge is 0.492 e. The number of hydrogen-bond donors (Lipinski definition) is 0. The summed E-state index contributed by atoms with van der Waals surface area (Å²) in [6.07, 6.45) is 6.33. The number of pyridine rings is 1. The average molecular weight is 249 g/mol. The molecule has 98 valence electrons. The first kappa shape index (κ1) is 14.2. The Morgan fingerprint density at radius 3 is 2.72 bits per heavy atom. The fourth-order valence-electron chi connectivity index (χ4n) is 1.27. The predicted octanol–water partition coefficient (Wildman–Crippen LogP) is 2.84. The van der Waals surface area contributed by atoms with Crippen LogP contribution < -0.4 is 4.74 Å². The predicted molar refractivity (Wildman–Crippen MR) is 70.3 cm³/mol. The fourth-order valence-corrected chi connectivity index (χ4v) is 1.27. The second-order valence-corrected chi connectivity index (χ2v) is 4.75. The van der Waals surface area contributed by atoms with E-state index < -0.39 is 5.60 Å². The van der Waals surface area contributed by atoms with Crippen LogP contribution in [0, 0.1) is 0 Å². The van der Waals surface area contributed by atoms with Gasteiger partial charge in [-0.15, -0.1) is 0 Å². The molecule has 0 saturated heterocycles. The number of esters is 1. The van der Waals surface area contributed by atoms with Crippen molar-refractivity contribution >= 4 is 12.0 Å². The van der Waals surface area contributed by atoms with Gasteiger partial charge in [0.2, 0.25) is 0 Å². The molecule has 1 aromatic rings. The summed E-state index contributed by atoms with van der Waals surface area (Å²) in [4.78, 5) is 15.5. The molecule has 0 atom stereocenters. The van der Waals surface area contributed by atoms with Gasteiger partial charge in [0.05, 0.1) is 12.8 Å². The molecule has 4 nitrogen and oxygen atoms in total. The van der Waals surface area contributed by atoms with Crippen molar-refractivity contribution in [3.8, 4) is 5.75 Å². The Bertz CT molecular complexity index is 433. The Hall–Kier alpha value is -1.84. The number of rotatable bonds is 4.